The predicted octanol–water partition coefficient (Wildman–Crippen LogP) is 2.93. The van der Waals surface area contributed by atoms with Crippen LogP contribution in [0.5, 0.6) is 0 Å². The van der Waals surface area contributed by atoms with Crippen LogP contribution < -0.4 is 0 Å². The van der Waals surface area contributed by atoms with Crippen LogP contribution in [0.25, 0.3) is 10.2 Å². The van der Waals surface area contributed by atoms with Gasteiger partial charge < -0.3 is 0 Å². The fraction of sp³-hybridized carbons (Fsp3) is 0.500. The van der Waals surface area contributed by atoms with Crippen molar-refractivity contribution in [2.75, 3.05) is 0 Å². The Morgan fingerprint density at radius 3 is 2.62 bits per heavy atom. The lowest BCUT2D eigenvalue weighted by molar-refractivity contribution is 0.604. The Hall–Kier alpha value is -0.830. The lowest BCUT2D eigenvalue weighted by Gasteiger charge is -2.14. The Balaban J connectivity index is 2.63. The second-order valence-corrected chi connectivity index (χ2v) is 5.46. The molecule has 0 spiro atoms. The van der Waals surface area contributed by atoms with Crippen molar-refractivity contribution in [3.63, 3.8) is 0 Å². The van der Waals surface area contributed by atoms with Crippen LogP contribution in [0.15, 0.2) is 12.3 Å². The topological polar surface area (TPSA) is 17.8 Å². The lowest BCUT2D eigenvalue weighted by atomic mass is 9.95. The maximum atomic E-state index is 4.21. The van der Waals surface area contributed by atoms with E-state index in [9.17, 15) is 0 Å². The first-order valence-corrected chi connectivity index (χ1v) is 5.22. The molecule has 2 rings (SSSR count). The number of nitrogens with zero attached hydrogens (tertiary/aromatic N) is 2. The summed E-state index contributed by atoms with van der Waals surface area (Å²) in [6, 6.07) is 2.24. The predicted molar refractivity (Wildman–Crippen MR) is 57.3 cm³/mol. The van der Waals surface area contributed by atoms with Gasteiger partial charge in [0.1, 0.15) is 0 Å². The molecule has 0 N–H and O–H groups in total. The van der Waals surface area contributed by atoms with Crippen molar-refractivity contribution in [2.24, 2.45) is 7.05 Å². The first-order chi connectivity index (χ1) is 5.98. The summed E-state index contributed by atoms with van der Waals surface area (Å²) in [4.78, 5) is 1.43. The molecule has 0 fully saturated rings. The van der Waals surface area contributed by atoms with E-state index in [0.717, 1.165) is 0 Å². The minimum Gasteiger partial charge on any atom is -0.267 e. The maximum absolute atomic E-state index is 4.21. The number of hydrogen-bond acceptors (Lipinski definition) is 2. The van der Waals surface area contributed by atoms with E-state index in [1.165, 1.54) is 15.1 Å². The SMILES string of the molecule is Cn1ncc2sc(C(C)(C)C)cc21. The van der Waals surface area contributed by atoms with Gasteiger partial charge in [-0.2, -0.15) is 5.10 Å². The van der Waals surface area contributed by atoms with Crippen molar-refractivity contribution in [3.8, 4) is 0 Å². The summed E-state index contributed by atoms with van der Waals surface area (Å²) in [5, 5.41) is 4.21. The normalized spacial score (nSPS) is 12.6. The number of rotatable bonds is 0. The molecule has 0 aliphatic heterocycles. The molecule has 0 amide bonds. The zero-order valence-corrected chi connectivity index (χ0v) is 9.27. The molecule has 0 unspecified atom stereocenters. The molecule has 0 atom stereocenters. The van der Waals surface area contributed by atoms with E-state index < -0.39 is 0 Å². The van der Waals surface area contributed by atoms with E-state index >= 15 is 0 Å². The van der Waals surface area contributed by atoms with Crippen molar-refractivity contribution in [1.29, 1.82) is 0 Å². The van der Waals surface area contributed by atoms with E-state index in [4.69, 9.17) is 0 Å². The first kappa shape index (κ1) is 8.75. The average molecular weight is 194 g/mol. The van der Waals surface area contributed by atoms with Crippen LogP contribution in [0.3, 0.4) is 0 Å². The first-order valence-electron chi connectivity index (χ1n) is 4.40. The van der Waals surface area contributed by atoms with Gasteiger partial charge in [0, 0.05) is 11.9 Å². The van der Waals surface area contributed by atoms with Gasteiger partial charge in [0.25, 0.3) is 0 Å². The van der Waals surface area contributed by atoms with E-state index in [2.05, 4.69) is 31.9 Å². The van der Waals surface area contributed by atoms with Gasteiger partial charge in [0.2, 0.25) is 0 Å². The van der Waals surface area contributed by atoms with Crippen LogP contribution in [-0.2, 0) is 12.5 Å². The van der Waals surface area contributed by atoms with E-state index in [1.54, 1.807) is 0 Å². The summed E-state index contributed by atoms with van der Waals surface area (Å²) in [6.07, 6.45) is 1.94. The van der Waals surface area contributed by atoms with Gasteiger partial charge in [-0.15, -0.1) is 11.3 Å². The summed E-state index contributed by atoms with van der Waals surface area (Å²) in [6.45, 7) is 6.72. The Morgan fingerprint density at radius 1 is 1.38 bits per heavy atom. The van der Waals surface area contributed by atoms with Crippen molar-refractivity contribution in [3.05, 3.63) is 17.1 Å². The van der Waals surface area contributed by atoms with Crippen LogP contribution in [0.1, 0.15) is 25.6 Å². The molecule has 0 radical (unpaired) electrons. The Labute approximate surface area is 82.2 Å². The van der Waals surface area contributed by atoms with Crippen LogP contribution in [0, 0.1) is 0 Å². The van der Waals surface area contributed by atoms with Gasteiger partial charge in [0.05, 0.1) is 16.4 Å². The van der Waals surface area contributed by atoms with E-state index in [0.29, 0.717) is 0 Å². The molecule has 0 aromatic carbocycles. The number of aryl methyl sites for hydroxylation is 1. The summed E-state index contributed by atoms with van der Waals surface area (Å²) in [5.74, 6) is 0. The molecule has 0 saturated heterocycles. The monoisotopic (exact) mass is 194 g/mol. The fourth-order valence-corrected chi connectivity index (χ4v) is 2.42. The molecule has 0 aliphatic carbocycles. The molecular formula is C10H14N2S. The third-order valence-electron chi connectivity index (χ3n) is 2.18. The molecule has 2 aromatic heterocycles. The molecule has 0 bridgehead atoms. The minimum atomic E-state index is 0.254. The number of hydrogen-bond donors (Lipinski definition) is 0. The molecule has 2 heterocycles. The van der Waals surface area contributed by atoms with E-state index in [1.807, 2.05) is 29.3 Å². The van der Waals surface area contributed by atoms with Crippen molar-refractivity contribution in [1.82, 2.24) is 9.78 Å². The number of aromatic nitrogens is 2. The molecule has 13 heavy (non-hydrogen) atoms. The Bertz CT molecular complexity index is 431. The highest BCUT2D eigenvalue weighted by Gasteiger charge is 2.17. The second kappa shape index (κ2) is 2.58. The molecule has 2 nitrogen and oxygen atoms in total. The van der Waals surface area contributed by atoms with E-state index in [-0.39, 0.29) is 5.41 Å². The minimum absolute atomic E-state index is 0.254. The molecule has 2 aromatic rings. The van der Waals surface area contributed by atoms with Crippen LogP contribution >= 0.6 is 11.3 Å². The lowest BCUT2D eigenvalue weighted by Crippen LogP contribution is -2.08. The van der Waals surface area contributed by atoms with Crippen LogP contribution in [-0.4, -0.2) is 9.78 Å². The number of thiophene rings is 1. The molecule has 70 valence electrons. The van der Waals surface area contributed by atoms with Gasteiger partial charge >= 0.3 is 0 Å². The van der Waals surface area contributed by atoms with Crippen molar-refractivity contribution in [2.45, 2.75) is 26.2 Å². The van der Waals surface area contributed by atoms with Gasteiger partial charge in [-0.3, -0.25) is 4.68 Å². The largest absolute Gasteiger partial charge is 0.267 e. The van der Waals surface area contributed by atoms with Crippen molar-refractivity contribution >= 4 is 21.6 Å². The Kier molecular flexibility index (Phi) is 1.74. The summed E-state index contributed by atoms with van der Waals surface area (Å²) >= 11 is 1.84. The molecule has 0 saturated carbocycles. The van der Waals surface area contributed by atoms with Gasteiger partial charge in [-0.1, -0.05) is 20.8 Å². The van der Waals surface area contributed by atoms with Crippen LogP contribution in [0.2, 0.25) is 0 Å². The van der Waals surface area contributed by atoms with Crippen LogP contribution in [0.4, 0.5) is 0 Å². The fourth-order valence-electron chi connectivity index (χ4n) is 1.31. The van der Waals surface area contributed by atoms with Gasteiger partial charge in [-0.25, -0.2) is 0 Å². The average Bonchev–Trinajstić information content (AvgIpc) is 2.51. The maximum Gasteiger partial charge on any atom is 0.0790 e. The summed E-state index contributed by atoms with van der Waals surface area (Å²) < 4.78 is 3.22. The standard InChI is InChI=1S/C10H14N2S/c1-10(2,3)9-5-7-8(13-9)6-11-12(7)4/h5-6H,1-4H3. The summed E-state index contributed by atoms with van der Waals surface area (Å²) in [7, 11) is 1.99. The van der Waals surface area contributed by atoms with Gasteiger partial charge in [0.15, 0.2) is 0 Å². The molecule has 0 aliphatic rings. The Morgan fingerprint density at radius 2 is 2.08 bits per heavy atom. The highest BCUT2D eigenvalue weighted by molar-refractivity contribution is 7.19. The van der Waals surface area contributed by atoms with Crippen molar-refractivity contribution < 1.29 is 0 Å². The second-order valence-electron chi connectivity index (χ2n) is 4.38. The zero-order chi connectivity index (χ0) is 9.64. The summed E-state index contributed by atoms with van der Waals surface area (Å²) in [5.41, 5.74) is 1.50. The third-order valence-corrected chi connectivity index (χ3v) is 3.66. The zero-order valence-electron chi connectivity index (χ0n) is 8.46. The quantitative estimate of drug-likeness (QED) is 0.630. The molecule has 3 heteroatoms. The highest BCUT2D eigenvalue weighted by atomic mass is 32.1. The number of fused-ring (bicyclic) bond motifs is 1. The van der Waals surface area contributed by atoms with Gasteiger partial charge in [-0.05, 0) is 11.5 Å². The highest BCUT2D eigenvalue weighted by Crippen LogP contribution is 2.33. The third kappa shape index (κ3) is 1.37. The smallest absolute Gasteiger partial charge is 0.0790 e. The molecular weight excluding hydrogens is 180 g/mol.